The maximum atomic E-state index is 9.24. The van der Waals surface area contributed by atoms with E-state index in [1.807, 2.05) is 12.1 Å². The van der Waals surface area contributed by atoms with Crippen LogP contribution >= 0.6 is 12.2 Å². The molecule has 0 unspecified atom stereocenters. The average Bonchev–Trinajstić information content (AvgIpc) is 2.34. The summed E-state index contributed by atoms with van der Waals surface area (Å²) in [6, 6.07) is 7.41. The monoisotopic (exact) mass is 265 g/mol. The van der Waals surface area contributed by atoms with E-state index in [0.29, 0.717) is 10.7 Å². The number of hydrogen-bond donors (Lipinski definition) is 2. The van der Waals surface area contributed by atoms with Gasteiger partial charge in [0.25, 0.3) is 0 Å². The fourth-order valence-corrected chi connectivity index (χ4v) is 2.37. The van der Waals surface area contributed by atoms with E-state index in [1.54, 1.807) is 12.1 Å². The first kappa shape index (κ1) is 13.3. The third kappa shape index (κ3) is 3.94. The minimum absolute atomic E-state index is 0.319. The van der Waals surface area contributed by atoms with Gasteiger partial charge in [-0.2, -0.15) is 0 Å². The first-order chi connectivity index (χ1) is 8.63. The lowest BCUT2D eigenvalue weighted by Gasteiger charge is -2.34. The predicted molar refractivity (Wildman–Crippen MR) is 76.6 cm³/mol. The van der Waals surface area contributed by atoms with Gasteiger partial charge in [-0.3, -0.25) is 9.80 Å². The third-order valence-electron chi connectivity index (χ3n) is 3.19. The lowest BCUT2D eigenvalue weighted by atomic mass is 10.2. The van der Waals surface area contributed by atoms with Gasteiger partial charge in [-0.25, -0.2) is 0 Å². The Balaban J connectivity index is 1.79. The topological polar surface area (TPSA) is 52.7 Å². The SMILES string of the molecule is NC(=S)CN1CCN(Cc2ccc(O)cc2)CC1. The molecule has 0 aromatic heterocycles. The molecule has 1 aliphatic heterocycles. The zero-order chi connectivity index (χ0) is 13.0. The Morgan fingerprint density at radius 1 is 1.11 bits per heavy atom. The highest BCUT2D eigenvalue weighted by molar-refractivity contribution is 7.80. The first-order valence-corrected chi connectivity index (χ1v) is 6.55. The molecule has 0 saturated carbocycles. The van der Waals surface area contributed by atoms with Crippen LogP contribution in [0.4, 0.5) is 0 Å². The molecular weight excluding hydrogens is 246 g/mol. The van der Waals surface area contributed by atoms with Crippen molar-refractivity contribution in [3.05, 3.63) is 29.8 Å². The molecule has 0 bridgehead atoms. The predicted octanol–water partition coefficient (Wildman–Crippen LogP) is 0.796. The summed E-state index contributed by atoms with van der Waals surface area (Å²) < 4.78 is 0. The number of aromatic hydroxyl groups is 1. The first-order valence-electron chi connectivity index (χ1n) is 6.14. The van der Waals surface area contributed by atoms with Crippen molar-refractivity contribution in [3.63, 3.8) is 0 Å². The number of piperazine rings is 1. The van der Waals surface area contributed by atoms with Crippen molar-refractivity contribution in [1.29, 1.82) is 0 Å². The lowest BCUT2D eigenvalue weighted by Crippen LogP contribution is -2.48. The Kier molecular flexibility index (Phi) is 4.52. The molecule has 4 nitrogen and oxygen atoms in total. The zero-order valence-electron chi connectivity index (χ0n) is 10.4. The summed E-state index contributed by atoms with van der Waals surface area (Å²) >= 11 is 4.92. The summed E-state index contributed by atoms with van der Waals surface area (Å²) in [5.41, 5.74) is 6.78. The Morgan fingerprint density at radius 2 is 1.67 bits per heavy atom. The van der Waals surface area contributed by atoms with Gasteiger partial charge in [0, 0.05) is 39.3 Å². The fraction of sp³-hybridized carbons (Fsp3) is 0.462. The second kappa shape index (κ2) is 6.13. The number of rotatable bonds is 4. The summed E-state index contributed by atoms with van der Waals surface area (Å²) in [5, 5.41) is 9.24. The van der Waals surface area contributed by atoms with E-state index in [2.05, 4.69) is 9.80 Å². The van der Waals surface area contributed by atoms with Crippen LogP contribution in [-0.4, -0.2) is 52.6 Å². The lowest BCUT2D eigenvalue weighted by molar-refractivity contribution is 0.140. The molecular formula is C13H19N3OS. The van der Waals surface area contributed by atoms with Crippen molar-refractivity contribution >= 4 is 17.2 Å². The van der Waals surface area contributed by atoms with Crippen LogP contribution in [0, 0.1) is 0 Å². The van der Waals surface area contributed by atoms with Gasteiger partial charge in [-0.05, 0) is 17.7 Å². The van der Waals surface area contributed by atoms with E-state index >= 15 is 0 Å². The van der Waals surface area contributed by atoms with Crippen molar-refractivity contribution in [2.45, 2.75) is 6.54 Å². The van der Waals surface area contributed by atoms with Gasteiger partial charge in [0.1, 0.15) is 5.75 Å². The van der Waals surface area contributed by atoms with Gasteiger partial charge in [0.15, 0.2) is 0 Å². The molecule has 3 N–H and O–H groups in total. The smallest absolute Gasteiger partial charge is 0.115 e. The summed E-state index contributed by atoms with van der Waals surface area (Å²) in [7, 11) is 0. The molecule has 1 fully saturated rings. The standard InChI is InChI=1S/C13H19N3OS/c14-13(18)10-16-7-5-15(6-8-16)9-11-1-3-12(17)4-2-11/h1-4,17H,5-10H2,(H2,14,18). The van der Waals surface area contributed by atoms with Crippen molar-refractivity contribution < 1.29 is 5.11 Å². The van der Waals surface area contributed by atoms with Crippen LogP contribution in [0.3, 0.4) is 0 Å². The normalized spacial score (nSPS) is 17.8. The Bertz CT molecular complexity index is 399. The van der Waals surface area contributed by atoms with Crippen LogP contribution in [0.15, 0.2) is 24.3 Å². The van der Waals surface area contributed by atoms with Crippen LogP contribution in [0.25, 0.3) is 0 Å². The molecule has 0 spiro atoms. The molecule has 1 aliphatic rings. The number of phenolic OH excluding ortho intramolecular Hbond substituents is 1. The van der Waals surface area contributed by atoms with Crippen LogP contribution in [0.5, 0.6) is 5.75 Å². The molecule has 1 saturated heterocycles. The number of nitrogens with two attached hydrogens (primary N) is 1. The molecule has 1 heterocycles. The van der Waals surface area contributed by atoms with Crippen molar-refractivity contribution in [2.75, 3.05) is 32.7 Å². The number of phenols is 1. The third-order valence-corrected chi connectivity index (χ3v) is 3.32. The second-order valence-corrected chi connectivity index (χ2v) is 5.21. The summed E-state index contributed by atoms with van der Waals surface area (Å²) in [6.45, 7) is 5.74. The van der Waals surface area contributed by atoms with Gasteiger partial charge in [0.2, 0.25) is 0 Å². The van der Waals surface area contributed by atoms with Crippen LogP contribution in [-0.2, 0) is 6.54 Å². The minimum Gasteiger partial charge on any atom is -0.508 e. The zero-order valence-corrected chi connectivity index (χ0v) is 11.2. The molecule has 2 rings (SSSR count). The molecule has 0 atom stereocenters. The van der Waals surface area contributed by atoms with E-state index in [4.69, 9.17) is 18.0 Å². The van der Waals surface area contributed by atoms with Crippen LogP contribution in [0.1, 0.15) is 5.56 Å². The molecule has 1 aromatic rings. The van der Waals surface area contributed by atoms with Gasteiger partial charge in [-0.1, -0.05) is 24.4 Å². The van der Waals surface area contributed by atoms with E-state index in [1.165, 1.54) is 5.56 Å². The maximum Gasteiger partial charge on any atom is 0.115 e. The van der Waals surface area contributed by atoms with Crippen molar-refractivity contribution in [3.8, 4) is 5.75 Å². The highest BCUT2D eigenvalue weighted by Gasteiger charge is 2.16. The van der Waals surface area contributed by atoms with Crippen LogP contribution in [0.2, 0.25) is 0 Å². The number of nitrogens with zero attached hydrogens (tertiary/aromatic N) is 2. The van der Waals surface area contributed by atoms with E-state index in [9.17, 15) is 5.11 Å². The summed E-state index contributed by atoms with van der Waals surface area (Å²) in [5.74, 6) is 0.319. The maximum absolute atomic E-state index is 9.24. The number of thiocarbonyl (C=S) groups is 1. The minimum atomic E-state index is 0.319. The molecule has 98 valence electrons. The van der Waals surface area contributed by atoms with E-state index in [-0.39, 0.29) is 0 Å². The molecule has 0 amide bonds. The van der Waals surface area contributed by atoms with E-state index in [0.717, 1.165) is 39.3 Å². The quantitative estimate of drug-likeness (QED) is 0.789. The van der Waals surface area contributed by atoms with E-state index < -0.39 is 0 Å². The summed E-state index contributed by atoms with van der Waals surface area (Å²) in [6.07, 6.45) is 0. The second-order valence-electron chi connectivity index (χ2n) is 4.69. The Labute approximate surface area is 113 Å². The molecule has 0 aliphatic carbocycles. The van der Waals surface area contributed by atoms with Gasteiger partial charge >= 0.3 is 0 Å². The number of hydrogen-bond acceptors (Lipinski definition) is 4. The fourth-order valence-electron chi connectivity index (χ4n) is 2.19. The van der Waals surface area contributed by atoms with Gasteiger partial charge in [0.05, 0.1) is 4.99 Å². The molecule has 18 heavy (non-hydrogen) atoms. The van der Waals surface area contributed by atoms with Gasteiger partial charge < -0.3 is 10.8 Å². The van der Waals surface area contributed by atoms with Crippen molar-refractivity contribution in [2.24, 2.45) is 5.73 Å². The highest BCUT2D eigenvalue weighted by Crippen LogP contribution is 2.12. The highest BCUT2D eigenvalue weighted by atomic mass is 32.1. The molecule has 5 heteroatoms. The van der Waals surface area contributed by atoms with Crippen molar-refractivity contribution in [1.82, 2.24) is 9.80 Å². The Hall–Kier alpha value is -1.17. The average molecular weight is 265 g/mol. The van der Waals surface area contributed by atoms with Crippen LogP contribution < -0.4 is 5.73 Å². The molecule has 0 radical (unpaired) electrons. The largest absolute Gasteiger partial charge is 0.508 e. The number of benzene rings is 1. The Morgan fingerprint density at radius 3 is 2.22 bits per heavy atom. The summed E-state index contributed by atoms with van der Waals surface area (Å²) in [4.78, 5) is 5.26. The van der Waals surface area contributed by atoms with Gasteiger partial charge in [-0.15, -0.1) is 0 Å². The molecule has 1 aromatic carbocycles.